The van der Waals surface area contributed by atoms with Crippen LogP contribution in [0.15, 0.2) is 35.6 Å². The van der Waals surface area contributed by atoms with Gasteiger partial charge in [0, 0.05) is 5.56 Å². The quantitative estimate of drug-likeness (QED) is 0.863. The molecule has 0 spiro atoms. The van der Waals surface area contributed by atoms with Crippen LogP contribution in [0, 0.1) is 0 Å². The zero-order chi connectivity index (χ0) is 14.3. The summed E-state index contributed by atoms with van der Waals surface area (Å²) in [4.78, 5) is 12.9. The van der Waals surface area contributed by atoms with Gasteiger partial charge >= 0.3 is 0 Å². The first kappa shape index (κ1) is 12.8. The summed E-state index contributed by atoms with van der Waals surface area (Å²) in [6.07, 6.45) is 1.50. The predicted octanol–water partition coefficient (Wildman–Crippen LogP) is 2.71. The number of anilines is 1. The highest BCUT2D eigenvalue weighted by Crippen LogP contribution is 2.27. The standard InChI is InChI=1S/C16H18N4/c1-16(2,3)11-6-4-10(5-7-11)14-13-12(8-18-14)19-9-20-15(13)17/h4-7,9H,8H2,1-3H3,(H2,17,19,20). The molecule has 1 aromatic carbocycles. The molecule has 2 N–H and O–H groups in total. The van der Waals surface area contributed by atoms with Crippen molar-refractivity contribution in [2.24, 2.45) is 4.99 Å². The van der Waals surface area contributed by atoms with Crippen LogP contribution in [-0.2, 0) is 12.0 Å². The number of nitrogens with two attached hydrogens (primary N) is 1. The number of nitrogen functional groups attached to an aromatic ring is 1. The second kappa shape index (κ2) is 4.40. The van der Waals surface area contributed by atoms with Crippen molar-refractivity contribution >= 4 is 11.5 Å². The Hall–Kier alpha value is -2.23. The Bertz CT molecular complexity index is 679. The lowest BCUT2D eigenvalue weighted by Gasteiger charge is -2.19. The summed E-state index contributed by atoms with van der Waals surface area (Å²) in [5.74, 6) is 0.506. The molecule has 0 fully saturated rings. The molecule has 1 aliphatic rings. The molecule has 1 aliphatic heterocycles. The average molecular weight is 266 g/mol. The second-order valence-corrected chi connectivity index (χ2v) is 6.07. The van der Waals surface area contributed by atoms with Crippen molar-refractivity contribution in [3.05, 3.63) is 53.0 Å². The number of benzene rings is 1. The molecular weight excluding hydrogens is 248 g/mol. The highest BCUT2D eigenvalue weighted by molar-refractivity contribution is 6.17. The van der Waals surface area contributed by atoms with Crippen LogP contribution in [0.5, 0.6) is 0 Å². The summed E-state index contributed by atoms with van der Waals surface area (Å²) < 4.78 is 0. The average Bonchev–Trinajstić information content (AvgIpc) is 2.83. The number of aromatic nitrogens is 2. The van der Waals surface area contributed by atoms with Gasteiger partial charge in [0.05, 0.1) is 23.5 Å². The highest BCUT2D eigenvalue weighted by atomic mass is 15.0. The van der Waals surface area contributed by atoms with E-state index in [1.807, 2.05) is 0 Å². The topological polar surface area (TPSA) is 64.2 Å². The van der Waals surface area contributed by atoms with Crippen molar-refractivity contribution < 1.29 is 0 Å². The van der Waals surface area contributed by atoms with Crippen molar-refractivity contribution in [2.75, 3.05) is 5.73 Å². The molecule has 0 atom stereocenters. The molecule has 4 heteroatoms. The molecule has 0 radical (unpaired) electrons. The van der Waals surface area contributed by atoms with Crippen LogP contribution in [0.1, 0.15) is 43.2 Å². The van der Waals surface area contributed by atoms with Crippen LogP contribution < -0.4 is 5.73 Å². The highest BCUT2D eigenvalue weighted by Gasteiger charge is 2.22. The molecule has 0 aliphatic carbocycles. The first-order chi connectivity index (χ1) is 9.47. The molecule has 1 aromatic heterocycles. The number of nitrogens with zero attached hydrogens (tertiary/aromatic N) is 3. The van der Waals surface area contributed by atoms with E-state index in [0.29, 0.717) is 12.4 Å². The van der Waals surface area contributed by atoms with Gasteiger partial charge in [-0.1, -0.05) is 45.0 Å². The van der Waals surface area contributed by atoms with E-state index in [1.165, 1.54) is 11.9 Å². The predicted molar refractivity (Wildman–Crippen MR) is 80.9 cm³/mol. The van der Waals surface area contributed by atoms with E-state index in [-0.39, 0.29) is 5.41 Å². The first-order valence-corrected chi connectivity index (χ1v) is 6.72. The molecule has 102 valence electrons. The van der Waals surface area contributed by atoms with E-state index in [0.717, 1.165) is 22.5 Å². The fourth-order valence-corrected chi connectivity index (χ4v) is 2.41. The van der Waals surface area contributed by atoms with Crippen LogP contribution in [0.2, 0.25) is 0 Å². The minimum atomic E-state index is 0.149. The number of fused-ring (bicyclic) bond motifs is 1. The van der Waals surface area contributed by atoms with Crippen LogP contribution in [0.4, 0.5) is 5.82 Å². The molecular formula is C16H18N4. The van der Waals surface area contributed by atoms with Gasteiger partial charge in [0.2, 0.25) is 0 Å². The van der Waals surface area contributed by atoms with E-state index in [2.05, 4.69) is 60.0 Å². The van der Waals surface area contributed by atoms with Gasteiger partial charge in [0.15, 0.2) is 0 Å². The van der Waals surface area contributed by atoms with Gasteiger partial charge in [-0.15, -0.1) is 0 Å². The van der Waals surface area contributed by atoms with Gasteiger partial charge in [-0.3, -0.25) is 4.99 Å². The molecule has 4 nitrogen and oxygen atoms in total. The van der Waals surface area contributed by atoms with Crippen molar-refractivity contribution in [3.8, 4) is 0 Å². The third-order valence-electron chi connectivity index (χ3n) is 3.60. The van der Waals surface area contributed by atoms with Crippen molar-refractivity contribution in [3.63, 3.8) is 0 Å². The Morgan fingerprint density at radius 3 is 2.40 bits per heavy atom. The van der Waals surface area contributed by atoms with Crippen LogP contribution in [0.25, 0.3) is 0 Å². The maximum absolute atomic E-state index is 5.97. The Morgan fingerprint density at radius 2 is 1.75 bits per heavy atom. The summed E-state index contributed by atoms with van der Waals surface area (Å²) in [7, 11) is 0. The van der Waals surface area contributed by atoms with E-state index in [9.17, 15) is 0 Å². The molecule has 20 heavy (non-hydrogen) atoms. The Balaban J connectivity index is 2.01. The largest absolute Gasteiger partial charge is 0.383 e. The molecule has 0 amide bonds. The Morgan fingerprint density at radius 1 is 1.05 bits per heavy atom. The summed E-state index contributed by atoms with van der Waals surface area (Å²) in [5, 5.41) is 0. The monoisotopic (exact) mass is 266 g/mol. The molecule has 0 saturated carbocycles. The normalized spacial score (nSPS) is 14.1. The zero-order valence-electron chi connectivity index (χ0n) is 12.0. The third kappa shape index (κ3) is 2.07. The molecule has 0 bridgehead atoms. The summed E-state index contributed by atoms with van der Waals surface area (Å²) in [5.41, 5.74) is 11.2. The fourth-order valence-electron chi connectivity index (χ4n) is 2.41. The SMILES string of the molecule is CC(C)(C)c1ccc(C2=NCc3ncnc(N)c32)cc1. The number of aliphatic imine (C=N–C) groups is 1. The van der Waals surface area contributed by atoms with Crippen molar-refractivity contribution in [1.82, 2.24) is 9.97 Å². The minimum Gasteiger partial charge on any atom is -0.383 e. The maximum Gasteiger partial charge on any atom is 0.136 e. The number of hydrogen-bond donors (Lipinski definition) is 1. The molecule has 2 aromatic rings. The summed E-state index contributed by atoms with van der Waals surface area (Å²) >= 11 is 0. The first-order valence-electron chi connectivity index (χ1n) is 6.72. The van der Waals surface area contributed by atoms with E-state index >= 15 is 0 Å². The zero-order valence-corrected chi connectivity index (χ0v) is 12.0. The minimum absolute atomic E-state index is 0.149. The molecule has 2 heterocycles. The van der Waals surface area contributed by atoms with Gasteiger partial charge < -0.3 is 5.73 Å². The van der Waals surface area contributed by atoms with Gasteiger partial charge in [0.25, 0.3) is 0 Å². The van der Waals surface area contributed by atoms with Gasteiger partial charge in [0.1, 0.15) is 12.1 Å². The van der Waals surface area contributed by atoms with E-state index in [4.69, 9.17) is 5.73 Å². The van der Waals surface area contributed by atoms with Crippen molar-refractivity contribution in [2.45, 2.75) is 32.7 Å². The lowest BCUT2D eigenvalue weighted by molar-refractivity contribution is 0.590. The fraction of sp³-hybridized carbons (Fsp3) is 0.312. The lowest BCUT2D eigenvalue weighted by Crippen LogP contribution is -2.12. The van der Waals surface area contributed by atoms with Gasteiger partial charge in [-0.25, -0.2) is 9.97 Å². The third-order valence-corrected chi connectivity index (χ3v) is 3.60. The second-order valence-electron chi connectivity index (χ2n) is 6.07. The van der Waals surface area contributed by atoms with Crippen LogP contribution in [0.3, 0.4) is 0 Å². The molecule has 0 saturated heterocycles. The van der Waals surface area contributed by atoms with E-state index < -0.39 is 0 Å². The summed E-state index contributed by atoms with van der Waals surface area (Å²) in [6, 6.07) is 8.49. The van der Waals surface area contributed by atoms with Crippen LogP contribution in [-0.4, -0.2) is 15.7 Å². The smallest absolute Gasteiger partial charge is 0.136 e. The van der Waals surface area contributed by atoms with Gasteiger partial charge in [-0.2, -0.15) is 0 Å². The van der Waals surface area contributed by atoms with Crippen molar-refractivity contribution in [1.29, 1.82) is 0 Å². The Kier molecular flexibility index (Phi) is 2.82. The van der Waals surface area contributed by atoms with Gasteiger partial charge in [-0.05, 0) is 11.0 Å². The Labute approximate surface area is 118 Å². The lowest BCUT2D eigenvalue weighted by atomic mass is 9.86. The number of rotatable bonds is 1. The summed E-state index contributed by atoms with van der Waals surface area (Å²) in [6.45, 7) is 7.20. The molecule has 0 unspecified atom stereocenters. The van der Waals surface area contributed by atoms with Crippen LogP contribution >= 0.6 is 0 Å². The number of hydrogen-bond acceptors (Lipinski definition) is 4. The maximum atomic E-state index is 5.97. The van der Waals surface area contributed by atoms with E-state index in [1.54, 1.807) is 0 Å². The molecule has 3 rings (SSSR count).